The van der Waals surface area contributed by atoms with Gasteiger partial charge in [0.05, 0.1) is 4.47 Å². The standard InChI is InChI=1S/C12H19BrN2/c1-4-12(5-2,6-3)15-11-10(13)8-7-9-14-11/h7-9H,4-6H2,1-3H3,(H,14,15). The van der Waals surface area contributed by atoms with Crippen LogP contribution in [0.25, 0.3) is 0 Å². The number of aromatic nitrogens is 1. The van der Waals surface area contributed by atoms with E-state index >= 15 is 0 Å². The van der Waals surface area contributed by atoms with Gasteiger partial charge in [-0.25, -0.2) is 4.98 Å². The number of nitrogens with zero attached hydrogens (tertiary/aromatic N) is 1. The molecule has 0 fully saturated rings. The van der Waals surface area contributed by atoms with E-state index < -0.39 is 0 Å². The maximum absolute atomic E-state index is 4.35. The molecule has 0 radical (unpaired) electrons. The third-order valence-electron chi connectivity index (χ3n) is 3.17. The van der Waals surface area contributed by atoms with E-state index in [2.05, 4.69) is 47.0 Å². The molecule has 0 amide bonds. The van der Waals surface area contributed by atoms with E-state index in [1.807, 2.05) is 18.3 Å². The molecule has 0 aromatic carbocycles. The third kappa shape index (κ3) is 2.94. The monoisotopic (exact) mass is 270 g/mol. The van der Waals surface area contributed by atoms with E-state index in [9.17, 15) is 0 Å². The van der Waals surface area contributed by atoms with E-state index in [1.165, 1.54) is 0 Å². The Labute approximate surface area is 101 Å². The van der Waals surface area contributed by atoms with E-state index in [-0.39, 0.29) is 5.54 Å². The van der Waals surface area contributed by atoms with Gasteiger partial charge in [-0.2, -0.15) is 0 Å². The van der Waals surface area contributed by atoms with Crippen molar-refractivity contribution in [3.05, 3.63) is 22.8 Å². The molecule has 0 saturated heterocycles. The van der Waals surface area contributed by atoms with Crippen LogP contribution in [0.5, 0.6) is 0 Å². The summed E-state index contributed by atoms with van der Waals surface area (Å²) in [4.78, 5) is 4.35. The molecule has 84 valence electrons. The van der Waals surface area contributed by atoms with Crippen LogP contribution in [-0.2, 0) is 0 Å². The topological polar surface area (TPSA) is 24.9 Å². The van der Waals surface area contributed by atoms with E-state index in [1.54, 1.807) is 0 Å². The van der Waals surface area contributed by atoms with E-state index in [4.69, 9.17) is 0 Å². The maximum Gasteiger partial charge on any atom is 0.140 e. The van der Waals surface area contributed by atoms with Gasteiger partial charge in [0.1, 0.15) is 5.82 Å². The van der Waals surface area contributed by atoms with Crippen molar-refractivity contribution in [2.45, 2.75) is 45.6 Å². The summed E-state index contributed by atoms with van der Waals surface area (Å²) < 4.78 is 1.03. The van der Waals surface area contributed by atoms with Crippen LogP contribution < -0.4 is 5.32 Å². The number of nitrogens with one attached hydrogen (secondary N) is 1. The van der Waals surface area contributed by atoms with Crippen molar-refractivity contribution < 1.29 is 0 Å². The van der Waals surface area contributed by atoms with Crippen molar-refractivity contribution in [3.63, 3.8) is 0 Å². The van der Waals surface area contributed by atoms with Crippen molar-refractivity contribution in [2.24, 2.45) is 0 Å². The van der Waals surface area contributed by atoms with Gasteiger partial charge in [0.25, 0.3) is 0 Å². The molecule has 3 heteroatoms. The molecule has 1 rings (SSSR count). The maximum atomic E-state index is 4.35. The predicted octanol–water partition coefficient (Wildman–Crippen LogP) is 4.22. The average molecular weight is 271 g/mol. The van der Waals surface area contributed by atoms with Crippen molar-refractivity contribution >= 4 is 21.7 Å². The highest BCUT2D eigenvalue weighted by Crippen LogP contribution is 2.28. The van der Waals surface area contributed by atoms with Gasteiger partial charge in [-0.3, -0.25) is 0 Å². The van der Waals surface area contributed by atoms with Crippen LogP contribution in [0.2, 0.25) is 0 Å². The molecule has 0 atom stereocenters. The quantitative estimate of drug-likeness (QED) is 0.867. The second-order valence-corrected chi connectivity index (χ2v) is 4.65. The molecule has 0 aliphatic carbocycles. The normalized spacial score (nSPS) is 11.5. The van der Waals surface area contributed by atoms with Gasteiger partial charge in [-0.05, 0) is 47.3 Å². The number of hydrogen-bond acceptors (Lipinski definition) is 2. The molecule has 0 aliphatic heterocycles. The molecule has 1 N–H and O–H groups in total. The summed E-state index contributed by atoms with van der Waals surface area (Å²) in [5.41, 5.74) is 0.177. The first-order valence-electron chi connectivity index (χ1n) is 5.56. The minimum atomic E-state index is 0.177. The molecule has 1 aromatic rings. The third-order valence-corrected chi connectivity index (χ3v) is 3.81. The predicted molar refractivity (Wildman–Crippen MR) is 69.2 cm³/mol. The average Bonchev–Trinajstić information content (AvgIpc) is 2.29. The zero-order valence-corrected chi connectivity index (χ0v) is 11.3. The smallest absolute Gasteiger partial charge is 0.140 e. The summed E-state index contributed by atoms with van der Waals surface area (Å²) in [5, 5.41) is 3.55. The highest BCUT2D eigenvalue weighted by Gasteiger charge is 2.24. The number of rotatable bonds is 5. The SMILES string of the molecule is CCC(CC)(CC)Nc1ncccc1Br. The highest BCUT2D eigenvalue weighted by molar-refractivity contribution is 9.10. The number of pyridine rings is 1. The highest BCUT2D eigenvalue weighted by atomic mass is 79.9. The van der Waals surface area contributed by atoms with Gasteiger partial charge in [0.2, 0.25) is 0 Å². The van der Waals surface area contributed by atoms with Gasteiger partial charge in [-0.15, -0.1) is 0 Å². The van der Waals surface area contributed by atoms with Gasteiger partial charge < -0.3 is 5.32 Å². The second kappa shape index (κ2) is 5.50. The zero-order chi connectivity index (χ0) is 11.3. The summed E-state index contributed by atoms with van der Waals surface area (Å²) in [6, 6.07) is 3.95. The number of hydrogen-bond donors (Lipinski definition) is 1. The first-order valence-corrected chi connectivity index (χ1v) is 6.35. The Morgan fingerprint density at radius 3 is 2.33 bits per heavy atom. The largest absolute Gasteiger partial charge is 0.364 e. The van der Waals surface area contributed by atoms with Crippen LogP contribution in [-0.4, -0.2) is 10.5 Å². The number of halogens is 1. The zero-order valence-electron chi connectivity index (χ0n) is 9.68. The van der Waals surface area contributed by atoms with Gasteiger partial charge >= 0.3 is 0 Å². The van der Waals surface area contributed by atoms with Gasteiger partial charge in [0, 0.05) is 11.7 Å². The first kappa shape index (κ1) is 12.5. The lowest BCUT2D eigenvalue weighted by Gasteiger charge is -2.32. The van der Waals surface area contributed by atoms with Gasteiger partial charge in [-0.1, -0.05) is 20.8 Å². The van der Waals surface area contributed by atoms with E-state index in [0.29, 0.717) is 0 Å². The summed E-state index contributed by atoms with van der Waals surface area (Å²) in [6.45, 7) is 6.66. The van der Waals surface area contributed by atoms with Crippen LogP contribution in [0, 0.1) is 0 Å². The van der Waals surface area contributed by atoms with Crippen LogP contribution in [0.1, 0.15) is 40.0 Å². The number of anilines is 1. The van der Waals surface area contributed by atoms with E-state index in [0.717, 1.165) is 29.6 Å². The lowest BCUT2D eigenvalue weighted by Crippen LogP contribution is -2.36. The van der Waals surface area contributed by atoms with Crippen LogP contribution >= 0.6 is 15.9 Å². The fraction of sp³-hybridized carbons (Fsp3) is 0.583. The first-order chi connectivity index (χ1) is 7.17. The van der Waals surface area contributed by atoms with Crippen LogP contribution in [0.4, 0.5) is 5.82 Å². The fourth-order valence-corrected chi connectivity index (χ4v) is 2.10. The molecule has 1 aromatic heterocycles. The Morgan fingerprint density at radius 2 is 1.87 bits per heavy atom. The van der Waals surface area contributed by atoms with Crippen molar-refractivity contribution in [2.75, 3.05) is 5.32 Å². The van der Waals surface area contributed by atoms with Gasteiger partial charge in [0.15, 0.2) is 0 Å². The molecule has 0 unspecified atom stereocenters. The Hall–Kier alpha value is -0.570. The van der Waals surface area contributed by atoms with Crippen molar-refractivity contribution in [1.82, 2.24) is 4.98 Å². The minimum Gasteiger partial charge on any atom is -0.364 e. The lowest BCUT2D eigenvalue weighted by molar-refractivity contribution is 0.419. The van der Waals surface area contributed by atoms with Crippen molar-refractivity contribution in [3.8, 4) is 0 Å². The Bertz CT molecular complexity index is 300. The Kier molecular flexibility index (Phi) is 4.58. The molecule has 0 bridgehead atoms. The lowest BCUT2D eigenvalue weighted by atomic mass is 9.90. The Balaban J connectivity index is 2.88. The summed E-state index contributed by atoms with van der Waals surface area (Å²) in [5.74, 6) is 0.947. The Morgan fingerprint density at radius 1 is 1.27 bits per heavy atom. The molecule has 1 heterocycles. The molecular formula is C12H19BrN2. The van der Waals surface area contributed by atoms with Crippen LogP contribution in [0.3, 0.4) is 0 Å². The van der Waals surface area contributed by atoms with Crippen LogP contribution in [0.15, 0.2) is 22.8 Å². The summed E-state index contributed by atoms with van der Waals surface area (Å²) >= 11 is 3.51. The molecule has 0 saturated carbocycles. The second-order valence-electron chi connectivity index (χ2n) is 3.80. The van der Waals surface area contributed by atoms with Crippen molar-refractivity contribution in [1.29, 1.82) is 0 Å². The molecule has 0 aliphatic rings. The summed E-state index contributed by atoms with van der Waals surface area (Å²) in [7, 11) is 0. The molecule has 0 spiro atoms. The fourth-order valence-electron chi connectivity index (χ4n) is 1.74. The summed E-state index contributed by atoms with van der Waals surface area (Å²) in [6.07, 6.45) is 5.16. The molecule has 2 nitrogen and oxygen atoms in total. The minimum absolute atomic E-state index is 0.177. The molecule has 15 heavy (non-hydrogen) atoms. The molecular weight excluding hydrogens is 252 g/mol.